The fourth-order valence-corrected chi connectivity index (χ4v) is 2.08. The van der Waals surface area contributed by atoms with E-state index < -0.39 is 0 Å². The lowest BCUT2D eigenvalue weighted by molar-refractivity contribution is 0.297. The van der Waals surface area contributed by atoms with E-state index in [1.54, 1.807) is 0 Å². The minimum absolute atomic E-state index is 0.602. The third-order valence-corrected chi connectivity index (χ3v) is 3.14. The van der Waals surface area contributed by atoms with Crippen LogP contribution in [0.1, 0.15) is 12.2 Å². The largest absolute Gasteiger partial charge is 0.490 e. The maximum absolute atomic E-state index is 5.67. The van der Waals surface area contributed by atoms with Crippen LogP contribution in [-0.4, -0.2) is 23.2 Å². The fourth-order valence-electron chi connectivity index (χ4n) is 1.92. The molecule has 0 spiro atoms. The zero-order valence-corrected chi connectivity index (χ0v) is 10.7. The highest BCUT2D eigenvalue weighted by atomic mass is 32.1. The van der Waals surface area contributed by atoms with Gasteiger partial charge >= 0.3 is 0 Å². The predicted octanol–water partition coefficient (Wildman–Crippen LogP) is 2.67. The van der Waals surface area contributed by atoms with Crippen LogP contribution in [0.5, 0.6) is 11.5 Å². The van der Waals surface area contributed by atoms with Gasteiger partial charge in [0.1, 0.15) is 5.82 Å². The molecule has 0 unspecified atom stereocenters. The van der Waals surface area contributed by atoms with Crippen molar-refractivity contribution in [3.05, 3.63) is 30.2 Å². The molecule has 0 radical (unpaired) electrons. The summed E-state index contributed by atoms with van der Waals surface area (Å²) in [6.45, 7) is 1.40. The molecule has 2 heterocycles. The van der Waals surface area contributed by atoms with E-state index in [-0.39, 0.29) is 0 Å². The van der Waals surface area contributed by atoms with Crippen molar-refractivity contribution in [2.24, 2.45) is 0 Å². The van der Waals surface area contributed by atoms with E-state index >= 15 is 0 Å². The van der Waals surface area contributed by atoms with Crippen LogP contribution in [0.3, 0.4) is 0 Å². The van der Waals surface area contributed by atoms with Crippen molar-refractivity contribution in [1.82, 2.24) is 9.97 Å². The molecule has 2 aromatic rings. The van der Waals surface area contributed by atoms with Crippen molar-refractivity contribution in [1.29, 1.82) is 0 Å². The number of benzene rings is 1. The van der Waals surface area contributed by atoms with Gasteiger partial charge in [0, 0.05) is 17.7 Å². The minimum atomic E-state index is 0.602. The Morgan fingerprint density at radius 2 is 2.06 bits per heavy atom. The Hall–Kier alpha value is -1.62. The molecule has 1 aliphatic rings. The van der Waals surface area contributed by atoms with Crippen molar-refractivity contribution < 1.29 is 9.47 Å². The van der Waals surface area contributed by atoms with Gasteiger partial charge in [-0.3, -0.25) is 0 Å². The van der Waals surface area contributed by atoms with Gasteiger partial charge in [-0.25, -0.2) is 4.98 Å². The first kappa shape index (κ1) is 11.5. The lowest BCUT2D eigenvalue weighted by Crippen LogP contribution is -1.97. The smallest absolute Gasteiger partial charge is 0.161 e. The second-order valence-corrected chi connectivity index (χ2v) is 4.43. The summed E-state index contributed by atoms with van der Waals surface area (Å²) in [6.07, 6.45) is 2.72. The summed E-state index contributed by atoms with van der Waals surface area (Å²) in [5, 5.41) is 0. The molecule has 1 aromatic heterocycles. The van der Waals surface area contributed by atoms with E-state index in [1.807, 2.05) is 24.4 Å². The molecule has 1 aromatic carbocycles. The Kier molecular flexibility index (Phi) is 3.15. The lowest BCUT2D eigenvalue weighted by Gasteiger charge is -2.08. The van der Waals surface area contributed by atoms with Crippen LogP contribution in [-0.2, 0) is 5.75 Å². The first-order chi connectivity index (χ1) is 8.86. The summed E-state index contributed by atoms with van der Waals surface area (Å²) < 4.78 is 11.3. The van der Waals surface area contributed by atoms with Gasteiger partial charge in [-0.05, 0) is 18.2 Å². The average molecular weight is 262 g/mol. The molecular formula is C13H14N2O2S. The molecule has 0 saturated heterocycles. The molecule has 1 aliphatic heterocycles. The number of hydrogen-bond acceptors (Lipinski definition) is 4. The van der Waals surface area contributed by atoms with Crippen LogP contribution >= 0.6 is 12.6 Å². The van der Waals surface area contributed by atoms with Crippen molar-refractivity contribution >= 4 is 12.6 Å². The van der Waals surface area contributed by atoms with Gasteiger partial charge in [-0.2, -0.15) is 12.6 Å². The predicted molar refractivity (Wildman–Crippen MR) is 72.3 cm³/mol. The summed E-state index contributed by atoms with van der Waals surface area (Å²) >= 11 is 4.19. The Balaban J connectivity index is 1.95. The standard InChI is InChI=1S/C13H14N2O2S/c18-8-13-14-7-10(15-13)9-2-3-11-12(6-9)17-5-1-4-16-11/h2-3,6-7,18H,1,4-5,8H2,(H,14,15). The highest BCUT2D eigenvalue weighted by Crippen LogP contribution is 2.33. The van der Waals surface area contributed by atoms with E-state index in [2.05, 4.69) is 22.6 Å². The minimum Gasteiger partial charge on any atom is -0.490 e. The van der Waals surface area contributed by atoms with Crippen LogP contribution in [0, 0.1) is 0 Å². The number of hydrogen-bond donors (Lipinski definition) is 2. The molecule has 0 bridgehead atoms. The van der Waals surface area contributed by atoms with Gasteiger partial charge in [0.15, 0.2) is 11.5 Å². The number of aromatic amines is 1. The molecular weight excluding hydrogens is 248 g/mol. The number of thiol groups is 1. The summed E-state index contributed by atoms with van der Waals surface area (Å²) in [5.74, 6) is 3.07. The molecule has 0 saturated carbocycles. The lowest BCUT2D eigenvalue weighted by atomic mass is 10.1. The topological polar surface area (TPSA) is 47.1 Å². The SMILES string of the molecule is SCc1ncc(-c2ccc3c(c2)OCCCO3)[nH]1. The Bertz CT molecular complexity index is 554. The van der Waals surface area contributed by atoms with Crippen molar-refractivity contribution in [2.45, 2.75) is 12.2 Å². The van der Waals surface area contributed by atoms with Gasteiger partial charge in [0.2, 0.25) is 0 Å². The molecule has 94 valence electrons. The maximum Gasteiger partial charge on any atom is 0.161 e. The first-order valence-corrected chi connectivity index (χ1v) is 6.55. The number of nitrogens with zero attached hydrogens (tertiary/aromatic N) is 1. The van der Waals surface area contributed by atoms with E-state index in [0.29, 0.717) is 19.0 Å². The molecule has 0 amide bonds. The van der Waals surface area contributed by atoms with Gasteiger partial charge < -0.3 is 14.5 Å². The number of nitrogens with one attached hydrogen (secondary N) is 1. The maximum atomic E-state index is 5.67. The molecule has 5 heteroatoms. The van der Waals surface area contributed by atoms with Gasteiger partial charge in [0.05, 0.1) is 25.1 Å². The van der Waals surface area contributed by atoms with E-state index in [4.69, 9.17) is 9.47 Å². The number of imidazole rings is 1. The van der Waals surface area contributed by atoms with E-state index in [9.17, 15) is 0 Å². The van der Waals surface area contributed by atoms with Crippen LogP contribution in [0.15, 0.2) is 24.4 Å². The van der Waals surface area contributed by atoms with Crippen molar-refractivity contribution in [3.63, 3.8) is 0 Å². The van der Waals surface area contributed by atoms with E-state index in [1.165, 1.54) is 0 Å². The Morgan fingerprint density at radius 3 is 2.83 bits per heavy atom. The Labute approximate surface area is 111 Å². The summed E-state index contributed by atoms with van der Waals surface area (Å²) in [5.41, 5.74) is 2.01. The third kappa shape index (κ3) is 2.18. The highest BCUT2D eigenvalue weighted by molar-refractivity contribution is 7.79. The van der Waals surface area contributed by atoms with Gasteiger partial charge in [-0.15, -0.1) is 0 Å². The highest BCUT2D eigenvalue weighted by Gasteiger charge is 2.12. The molecule has 0 fully saturated rings. The number of rotatable bonds is 2. The number of ether oxygens (including phenoxy) is 2. The normalized spacial score (nSPS) is 14.3. The summed E-state index contributed by atoms with van der Waals surface area (Å²) in [7, 11) is 0. The number of aromatic nitrogens is 2. The molecule has 0 aliphatic carbocycles. The summed E-state index contributed by atoms with van der Waals surface area (Å²) in [4.78, 5) is 7.46. The second-order valence-electron chi connectivity index (χ2n) is 4.11. The molecule has 4 nitrogen and oxygen atoms in total. The molecule has 0 atom stereocenters. The van der Waals surface area contributed by atoms with Crippen molar-refractivity contribution in [3.8, 4) is 22.8 Å². The van der Waals surface area contributed by atoms with E-state index in [0.717, 1.165) is 35.0 Å². The van der Waals surface area contributed by atoms with Gasteiger partial charge in [0.25, 0.3) is 0 Å². The van der Waals surface area contributed by atoms with Crippen LogP contribution in [0.4, 0.5) is 0 Å². The fraction of sp³-hybridized carbons (Fsp3) is 0.308. The van der Waals surface area contributed by atoms with Crippen LogP contribution in [0.25, 0.3) is 11.3 Å². The monoisotopic (exact) mass is 262 g/mol. The van der Waals surface area contributed by atoms with Gasteiger partial charge in [-0.1, -0.05) is 0 Å². The molecule has 1 N–H and O–H groups in total. The quantitative estimate of drug-likeness (QED) is 0.818. The average Bonchev–Trinajstić information content (AvgIpc) is 2.76. The number of fused-ring (bicyclic) bond motifs is 1. The first-order valence-electron chi connectivity index (χ1n) is 5.91. The zero-order valence-electron chi connectivity index (χ0n) is 9.85. The van der Waals surface area contributed by atoms with Crippen LogP contribution in [0.2, 0.25) is 0 Å². The zero-order chi connectivity index (χ0) is 12.4. The third-order valence-electron chi connectivity index (χ3n) is 2.84. The Morgan fingerprint density at radius 1 is 1.22 bits per heavy atom. The number of H-pyrrole nitrogens is 1. The van der Waals surface area contributed by atoms with Crippen molar-refractivity contribution in [2.75, 3.05) is 13.2 Å². The second kappa shape index (κ2) is 4.94. The summed E-state index contributed by atoms with van der Waals surface area (Å²) in [6, 6.07) is 5.93. The molecule has 18 heavy (non-hydrogen) atoms. The van der Waals surface area contributed by atoms with Crippen LogP contribution < -0.4 is 9.47 Å². The molecule has 3 rings (SSSR count).